The van der Waals surface area contributed by atoms with Crippen LogP contribution in [0, 0.1) is 10.1 Å². The molecule has 0 aliphatic heterocycles. The van der Waals surface area contributed by atoms with Gasteiger partial charge >= 0.3 is 0 Å². The number of guanidine groups is 1. The Balaban J connectivity index is 1.74. The SMILES string of the molecule is COc1ccc(-c2cc(-c3ccc([N+](=O)[O-])cc3)nc(N=C(N)Nc3ccc(O)cc3)n2)cc1. The van der Waals surface area contributed by atoms with Crippen molar-refractivity contribution in [2.45, 2.75) is 0 Å². The lowest BCUT2D eigenvalue weighted by Gasteiger charge is -2.09. The molecule has 10 heteroatoms. The van der Waals surface area contributed by atoms with Gasteiger partial charge in [0.2, 0.25) is 5.96 Å². The number of anilines is 1. The third kappa shape index (κ3) is 5.25. The van der Waals surface area contributed by atoms with Crippen LogP contribution in [0.3, 0.4) is 0 Å². The molecule has 1 aromatic heterocycles. The zero-order chi connectivity index (χ0) is 24.1. The smallest absolute Gasteiger partial charge is 0.269 e. The van der Waals surface area contributed by atoms with E-state index in [1.165, 1.54) is 24.3 Å². The van der Waals surface area contributed by atoms with Gasteiger partial charge in [0.05, 0.1) is 23.4 Å². The summed E-state index contributed by atoms with van der Waals surface area (Å²) in [5.74, 6) is 0.982. The molecule has 0 atom stereocenters. The Morgan fingerprint density at radius 1 is 0.971 bits per heavy atom. The van der Waals surface area contributed by atoms with Gasteiger partial charge in [0.25, 0.3) is 11.6 Å². The van der Waals surface area contributed by atoms with E-state index in [0.29, 0.717) is 28.4 Å². The van der Waals surface area contributed by atoms with Crippen LogP contribution in [0.25, 0.3) is 22.5 Å². The van der Waals surface area contributed by atoms with E-state index in [4.69, 9.17) is 10.5 Å². The van der Waals surface area contributed by atoms with Crippen LogP contribution >= 0.6 is 0 Å². The molecule has 0 fully saturated rings. The average Bonchev–Trinajstić information content (AvgIpc) is 2.85. The fraction of sp³-hybridized carbons (Fsp3) is 0.0417. The van der Waals surface area contributed by atoms with Gasteiger partial charge in [-0.1, -0.05) is 0 Å². The monoisotopic (exact) mass is 456 g/mol. The topological polar surface area (TPSA) is 149 Å². The number of hydrogen-bond acceptors (Lipinski definition) is 7. The first-order valence-electron chi connectivity index (χ1n) is 10.1. The van der Waals surface area contributed by atoms with Crippen molar-refractivity contribution in [2.24, 2.45) is 10.7 Å². The van der Waals surface area contributed by atoms with Gasteiger partial charge in [0.1, 0.15) is 11.5 Å². The van der Waals surface area contributed by atoms with Gasteiger partial charge in [0.15, 0.2) is 0 Å². The summed E-state index contributed by atoms with van der Waals surface area (Å²) in [5, 5.41) is 23.3. The number of rotatable bonds is 6. The number of non-ortho nitro benzene ring substituents is 1. The molecule has 4 N–H and O–H groups in total. The van der Waals surface area contributed by atoms with E-state index in [9.17, 15) is 15.2 Å². The third-order valence-corrected chi connectivity index (χ3v) is 4.83. The molecule has 0 saturated heterocycles. The molecular weight excluding hydrogens is 436 g/mol. The summed E-state index contributed by atoms with van der Waals surface area (Å²) in [4.78, 5) is 23.8. The van der Waals surface area contributed by atoms with Gasteiger partial charge in [-0.25, -0.2) is 9.97 Å². The number of aromatic hydroxyl groups is 1. The summed E-state index contributed by atoms with van der Waals surface area (Å²) < 4.78 is 5.22. The second kappa shape index (κ2) is 9.65. The van der Waals surface area contributed by atoms with Crippen LogP contribution in [0.1, 0.15) is 0 Å². The Morgan fingerprint density at radius 2 is 1.53 bits per heavy atom. The van der Waals surface area contributed by atoms with Gasteiger partial charge in [-0.05, 0) is 66.7 Å². The molecule has 4 rings (SSSR count). The Kier molecular flexibility index (Phi) is 6.31. The van der Waals surface area contributed by atoms with Crippen molar-refractivity contribution in [1.29, 1.82) is 0 Å². The van der Waals surface area contributed by atoms with E-state index < -0.39 is 4.92 Å². The minimum atomic E-state index is -0.460. The normalized spacial score (nSPS) is 11.1. The van der Waals surface area contributed by atoms with Crippen LogP contribution in [0.2, 0.25) is 0 Å². The molecule has 3 aromatic carbocycles. The maximum absolute atomic E-state index is 11.0. The van der Waals surface area contributed by atoms with Gasteiger partial charge in [0, 0.05) is 28.9 Å². The summed E-state index contributed by atoms with van der Waals surface area (Å²) >= 11 is 0. The zero-order valence-electron chi connectivity index (χ0n) is 18.0. The highest BCUT2D eigenvalue weighted by Gasteiger charge is 2.11. The van der Waals surface area contributed by atoms with E-state index in [-0.39, 0.29) is 23.3 Å². The van der Waals surface area contributed by atoms with Gasteiger partial charge in [-0.2, -0.15) is 4.99 Å². The second-order valence-electron chi connectivity index (χ2n) is 7.14. The van der Waals surface area contributed by atoms with Crippen molar-refractivity contribution >= 4 is 23.3 Å². The number of phenolic OH excluding ortho intramolecular Hbond substituents is 1. The number of nitro benzene ring substituents is 1. The van der Waals surface area contributed by atoms with Crippen molar-refractivity contribution in [1.82, 2.24) is 9.97 Å². The number of hydrogen-bond donors (Lipinski definition) is 3. The number of methoxy groups -OCH3 is 1. The van der Waals surface area contributed by atoms with Crippen LogP contribution in [0.5, 0.6) is 11.5 Å². The number of nitro groups is 1. The molecule has 0 amide bonds. The molecule has 0 radical (unpaired) electrons. The molecule has 170 valence electrons. The molecule has 0 aliphatic carbocycles. The summed E-state index contributed by atoms with van der Waals surface area (Å²) in [6.07, 6.45) is 0. The number of aromatic nitrogens is 2. The predicted molar refractivity (Wildman–Crippen MR) is 129 cm³/mol. The number of nitrogens with zero attached hydrogens (tertiary/aromatic N) is 4. The first-order chi connectivity index (χ1) is 16.4. The maximum Gasteiger partial charge on any atom is 0.269 e. The lowest BCUT2D eigenvalue weighted by molar-refractivity contribution is -0.384. The number of aliphatic imine (C=N–C) groups is 1. The molecule has 0 aliphatic rings. The number of benzene rings is 3. The summed E-state index contributed by atoms with van der Waals surface area (Å²) in [6.45, 7) is 0. The number of nitrogens with one attached hydrogen (secondary N) is 1. The van der Waals surface area contributed by atoms with Crippen LogP contribution in [-0.2, 0) is 0 Å². The molecule has 0 saturated carbocycles. The average molecular weight is 456 g/mol. The van der Waals surface area contributed by atoms with E-state index in [1.54, 1.807) is 37.4 Å². The van der Waals surface area contributed by atoms with Crippen molar-refractivity contribution in [3.05, 3.63) is 89.0 Å². The molecule has 4 aromatic rings. The summed E-state index contributed by atoms with van der Waals surface area (Å²) in [5.41, 5.74) is 9.22. The molecule has 0 spiro atoms. The fourth-order valence-electron chi connectivity index (χ4n) is 3.12. The highest BCUT2D eigenvalue weighted by atomic mass is 16.6. The molecule has 10 nitrogen and oxygen atoms in total. The number of ether oxygens (including phenoxy) is 1. The maximum atomic E-state index is 11.0. The molecular formula is C24H20N6O4. The molecule has 0 unspecified atom stereocenters. The number of nitrogens with two attached hydrogens (primary N) is 1. The van der Waals surface area contributed by atoms with Gasteiger partial charge < -0.3 is 20.9 Å². The molecule has 34 heavy (non-hydrogen) atoms. The quantitative estimate of drug-likeness (QED) is 0.126. The van der Waals surface area contributed by atoms with Gasteiger partial charge in [-0.15, -0.1) is 0 Å². The minimum absolute atomic E-state index is 0.0197. The predicted octanol–water partition coefficient (Wildman–Crippen LogP) is 4.49. The number of phenols is 1. The third-order valence-electron chi connectivity index (χ3n) is 4.83. The van der Waals surface area contributed by atoms with E-state index in [0.717, 1.165) is 5.56 Å². The minimum Gasteiger partial charge on any atom is -0.508 e. The summed E-state index contributed by atoms with van der Waals surface area (Å²) in [7, 11) is 1.59. The van der Waals surface area contributed by atoms with Crippen LogP contribution in [0.4, 0.5) is 17.3 Å². The summed E-state index contributed by atoms with van der Waals surface area (Å²) in [6, 6.07) is 21.5. The standard InChI is InChI=1S/C24H20N6O4/c1-34-20-12-4-16(5-13-20)22-14-21(15-2-8-18(9-3-15)30(32)33)27-24(28-22)29-23(25)26-17-6-10-19(31)11-7-17/h2-14,31H,1H3,(H3,25,26,27,28,29). The van der Waals surface area contributed by atoms with Crippen LogP contribution in [0.15, 0.2) is 83.9 Å². The first kappa shape index (κ1) is 22.2. The lowest BCUT2D eigenvalue weighted by atomic mass is 10.1. The molecule has 0 bridgehead atoms. The van der Waals surface area contributed by atoms with E-state index in [2.05, 4.69) is 20.3 Å². The fourth-order valence-corrected chi connectivity index (χ4v) is 3.12. The van der Waals surface area contributed by atoms with E-state index >= 15 is 0 Å². The Bertz CT molecular complexity index is 1340. The second-order valence-corrected chi connectivity index (χ2v) is 7.14. The van der Waals surface area contributed by atoms with Crippen LogP contribution in [-0.4, -0.2) is 33.1 Å². The Morgan fingerprint density at radius 3 is 2.06 bits per heavy atom. The first-order valence-corrected chi connectivity index (χ1v) is 10.1. The van der Waals surface area contributed by atoms with Crippen molar-refractivity contribution in [2.75, 3.05) is 12.4 Å². The highest BCUT2D eigenvalue weighted by molar-refractivity contribution is 5.93. The van der Waals surface area contributed by atoms with Crippen LogP contribution < -0.4 is 15.8 Å². The Hall–Kier alpha value is -4.99. The van der Waals surface area contributed by atoms with E-state index in [1.807, 2.05) is 24.3 Å². The highest BCUT2D eigenvalue weighted by Crippen LogP contribution is 2.28. The van der Waals surface area contributed by atoms with Crippen molar-refractivity contribution < 1.29 is 14.8 Å². The van der Waals surface area contributed by atoms with Crippen molar-refractivity contribution in [3.63, 3.8) is 0 Å². The Labute approximate surface area is 194 Å². The lowest BCUT2D eigenvalue weighted by Crippen LogP contribution is -2.22. The zero-order valence-corrected chi connectivity index (χ0v) is 18.0. The van der Waals surface area contributed by atoms with Crippen molar-refractivity contribution in [3.8, 4) is 34.0 Å². The molecule has 1 heterocycles. The largest absolute Gasteiger partial charge is 0.508 e. The van der Waals surface area contributed by atoms with Gasteiger partial charge in [-0.3, -0.25) is 10.1 Å².